The molecular weight excluding hydrogens is 348 g/mol. The molecule has 0 N–H and O–H groups in total. The number of fused-ring (bicyclic) bond motifs is 1. The summed E-state index contributed by atoms with van der Waals surface area (Å²) in [6.45, 7) is 8.45. The van der Waals surface area contributed by atoms with Crippen molar-refractivity contribution in [1.29, 1.82) is 0 Å². The van der Waals surface area contributed by atoms with E-state index in [0.29, 0.717) is 12.6 Å². The summed E-state index contributed by atoms with van der Waals surface area (Å²) in [6, 6.07) is 8.47. The van der Waals surface area contributed by atoms with Crippen LogP contribution in [0.3, 0.4) is 0 Å². The minimum absolute atomic E-state index is 0.150. The summed E-state index contributed by atoms with van der Waals surface area (Å²) >= 11 is 6.22. The van der Waals surface area contributed by atoms with Crippen molar-refractivity contribution in [3.63, 3.8) is 0 Å². The summed E-state index contributed by atoms with van der Waals surface area (Å²) in [5.74, 6) is 0.150. The molecule has 2 saturated heterocycles. The lowest BCUT2D eigenvalue weighted by Gasteiger charge is -2.37. The summed E-state index contributed by atoms with van der Waals surface area (Å²) in [5.41, 5.74) is 3.71. The molecule has 0 aliphatic carbocycles. The number of carbonyl (C=O) groups excluding carboxylic acids is 1. The number of piperazine rings is 1. The van der Waals surface area contributed by atoms with Crippen molar-refractivity contribution in [3.8, 4) is 0 Å². The Labute approximate surface area is 159 Å². The van der Waals surface area contributed by atoms with Gasteiger partial charge in [0.25, 0.3) is 5.91 Å². The summed E-state index contributed by atoms with van der Waals surface area (Å²) in [5, 5.41) is 5.20. The highest BCUT2D eigenvalue weighted by atomic mass is 35.5. The highest BCUT2D eigenvalue weighted by Gasteiger charge is 2.32. The number of hydrogen-bond acceptors (Lipinski definition) is 3. The van der Waals surface area contributed by atoms with Crippen LogP contribution in [-0.4, -0.2) is 57.7 Å². The number of rotatable bonds is 3. The van der Waals surface area contributed by atoms with Gasteiger partial charge in [0, 0.05) is 31.2 Å². The van der Waals surface area contributed by atoms with Crippen LogP contribution in [0.25, 0.3) is 0 Å². The third-order valence-electron chi connectivity index (χ3n) is 5.70. The Bertz CT molecular complexity index is 814. The highest BCUT2D eigenvalue weighted by Crippen LogP contribution is 2.23. The van der Waals surface area contributed by atoms with E-state index in [0.717, 1.165) is 47.2 Å². The number of benzene rings is 1. The lowest BCUT2D eigenvalue weighted by Crippen LogP contribution is -2.52. The smallest absolute Gasteiger partial charge is 0.253 e. The fourth-order valence-corrected chi connectivity index (χ4v) is 4.25. The van der Waals surface area contributed by atoms with Crippen molar-refractivity contribution < 1.29 is 4.79 Å². The molecule has 4 rings (SSSR count). The van der Waals surface area contributed by atoms with Crippen LogP contribution in [-0.2, 0) is 6.54 Å². The van der Waals surface area contributed by atoms with E-state index in [9.17, 15) is 4.79 Å². The molecule has 1 atom stereocenters. The SMILES string of the molecule is Cc1nn(Cc2ccc(C(=O)N3CCN4CCCC4C3)cc2)c(C)c1Cl. The van der Waals surface area contributed by atoms with E-state index in [1.165, 1.54) is 19.4 Å². The Hall–Kier alpha value is -1.85. The van der Waals surface area contributed by atoms with Crippen LogP contribution in [0.15, 0.2) is 24.3 Å². The van der Waals surface area contributed by atoms with E-state index in [1.54, 1.807) is 0 Å². The number of amides is 1. The number of carbonyl (C=O) groups is 1. The van der Waals surface area contributed by atoms with Gasteiger partial charge >= 0.3 is 0 Å². The summed E-state index contributed by atoms with van der Waals surface area (Å²) in [6.07, 6.45) is 2.48. The molecular formula is C20H25ClN4O. The molecule has 2 aliphatic rings. The Morgan fingerprint density at radius 1 is 1.19 bits per heavy atom. The summed E-state index contributed by atoms with van der Waals surface area (Å²) < 4.78 is 1.91. The molecule has 5 nitrogen and oxygen atoms in total. The standard InChI is InChI=1S/C20H25ClN4O/c1-14-19(21)15(2)25(22-14)12-16-5-7-17(8-6-16)20(26)24-11-10-23-9-3-4-18(23)13-24/h5-8,18H,3-4,9-13H2,1-2H3. The number of hydrogen-bond donors (Lipinski definition) is 0. The van der Waals surface area contributed by atoms with Crippen molar-refractivity contribution >= 4 is 17.5 Å². The Morgan fingerprint density at radius 2 is 1.96 bits per heavy atom. The van der Waals surface area contributed by atoms with Gasteiger partial charge in [-0.3, -0.25) is 14.4 Å². The molecule has 26 heavy (non-hydrogen) atoms. The van der Waals surface area contributed by atoms with Gasteiger partial charge in [0.1, 0.15) is 0 Å². The molecule has 1 amide bonds. The molecule has 0 spiro atoms. The first-order chi connectivity index (χ1) is 12.5. The number of aromatic nitrogens is 2. The van der Waals surface area contributed by atoms with Crippen molar-refractivity contribution in [2.45, 2.75) is 39.3 Å². The quantitative estimate of drug-likeness (QED) is 0.831. The predicted octanol–water partition coefficient (Wildman–Crippen LogP) is 3.12. The van der Waals surface area contributed by atoms with Gasteiger partial charge in [-0.25, -0.2) is 0 Å². The molecule has 0 radical (unpaired) electrons. The summed E-state index contributed by atoms with van der Waals surface area (Å²) in [4.78, 5) is 17.4. The van der Waals surface area contributed by atoms with Crippen LogP contribution < -0.4 is 0 Å². The highest BCUT2D eigenvalue weighted by molar-refractivity contribution is 6.31. The predicted molar refractivity (Wildman–Crippen MR) is 103 cm³/mol. The first-order valence-corrected chi connectivity index (χ1v) is 9.72. The lowest BCUT2D eigenvalue weighted by atomic mass is 10.1. The first kappa shape index (κ1) is 17.6. The second-order valence-electron chi connectivity index (χ2n) is 7.42. The van der Waals surface area contributed by atoms with Gasteiger partial charge < -0.3 is 4.90 Å². The van der Waals surface area contributed by atoms with Gasteiger partial charge in [0.2, 0.25) is 0 Å². The molecule has 1 unspecified atom stereocenters. The second-order valence-corrected chi connectivity index (χ2v) is 7.80. The topological polar surface area (TPSA) is 41.4 Å². The van der Waals surface area contributed by atoms with E-state index in [1.807, 2.05) is 47.7 Å². The van der Waals surface area contributed by atoms with Crippen molar-refractivity contribution in [3.05, 3.63) is 51.8 Å². The minimum Gasteiger partial charge on any atom is -0.336 e. The van der Waals surface area contributed by atoms with Crippen LogP contribution in [0.4, 0.5) is 0 Å². The fourth-order valence-electron chi connectivity index (χ4n) is 4.11. The van der Waals surface area contributed by atoms with Gasteiger partial charge in [-0.05, 0) is 50.9 Å². The normalized spacial score (nSPS) is 20.4. The summed E-state index contributed by atoms with van der Waals surface area (Å²) in [7, 11) is 0. The average molecular weight is 373 g/mol. The zero-order chi connectivity index (χ0) is 18.3. The molecule has 2 aliphatic heterocycles. The lowest BCUT2D eigenvalue weighted by molar-refractivity contribution is 0.0571. The molecule has 1 aromatic carbocycles. The van der Waals surface area contributed by atoms with E-state index < -0.39 is 0 Å². The van der Waals surface area contributed by atoms with Crippen LogP contribution in [0.5, 0.6) is 0 Å². The van der Waals surface area contributed by atoms with Crippen LogP contribution in [0.1, 0.15) is 40.2 Å². The zero-order valence-corrected chi connectivity index (χ0v) is 16.2. The number of halogens is 1. The van der Waals surface area contributed by atoms with Gasteiger partial charge in [-0.2, -0.15) is 5.10 Å². The monoisotopic (exact) mass is 372 g/mol. The number of aryl methyl sites for hydroxylation is 1. The minimum atomic E-state index is 0.150. The second kappa shape index (κ2) is 7.05. The first-order valence-electron chi connectivity index (χ1n) is 9.34. The molecule has 0 saturated carbocycles. The third kappa shape index (κ3) is 3.26. The molecule has 2 fully saturated rings. The van der Waals surface area contributed by atoms with Gasteiger partial charge in [-0.15, -0.1) is 0 Å². The molecule has 3 heterocycles. The largest absolute Gasteiger partial charge is 0.336 e. The van der Waals surface area contributed by atoms with Crippen molar-refractivity contribution in [1.82, 2.24) is 19.6 Å². The van der Waals surface area contributed by atoms with Gasteiger partial charge in [0.15, 0.2) is 0 Å². The van der Waals surface area contributed by atoms with Crippen molar-refractivity contribution in [2.24, 2.45) is 0 Å². The van der Waals surface area contributed by atoms with E-state index in [-0.39, 0.29) is 5.91 Å². The third-order valence-corrected chi connectivity index (χ3v) is 6.25. The zero-order valence-electron chi connectivity index (χ0n) is 15.4. The van der Waals surface area contributed by atoms with E-state index in [2.05, 4.69) is 10.00 Å². The maximum absolute atomic E-state index is 12.8. The Morgan fingerprint density at radius 3 is 2.65 bits per heavy atom. The molecule has 138 valence electrons. The van der Waals surface area contributed by atoms with Crippen LogP contribution >= 0.6 is 11.6 Å². The molecule has 0 bridgehead atoms. The van der Waals surface area contributed by atoms with E-state index in [4.69, 9.17) is 11.6 Å². The van der Waals surface area contributed by atoms with Gasteiger partial charge in [-0.1, -0.05) is 23.7 Å². The van der Waals surface area contributed by atoms with Gasteiger partial charge in [0.05, 0.1) is 23.0 Å². The molecule has 6 heteroatoms. The molecule has 2 aromatic rings. The maximum Gasteiger partial charge on any atom is 0.253 e. The maximum atomic E-state index is 12.8. The average Bonchev–Trinajstić information content (AvgIpc) is 3.22. The molecule has 1 aromatic heterocycles. The Kier molecular flexibility index (Phi) is 4.76. The van der Waals surface area contributed by atoms with E-state index >= 15 is 0 Å². The number of nitrogens with zero attached hydrogens (tertiary/aromatic N) is 4. The Balaban J connectivity index is 1.43. The van der Waals surface area contributed by atoms with Crippen LogP contribution in [0.2, 0.25) is 5.02 Å². The fraction of sp³-hybridized carbons (Fsp3) is 0.500. The van der Waals surface area contributed by atoms with Crippen LogP contribution in [0, 0.1) is 13.8 Å². The van der Waals surface area contributed by atoms with Crippen molar-refractivity contribution in [2.75, 3.05) is 26.2 Å².